The summed E-state index contributed by atoms with van der Waals surface area (Å²) < 4.78 is 22.5. The minimum Gasteiger partial charge on any atom is -0.399 e. The quantitative estimate of drug-likeness (QED) is 0.106. The Morgan fingerprint density at radius 1 is 1.16 bits per heavy atom. The Bertz CT molecular complexity index is 1500. The topological polar surface area (TPSA) is 87.3 Å². The second kappa shape index (κ2) is 13.4. The molecule has 7 nitrogen and oxygen atoms in total. The number of anilines is 1. The van der Waals surface area contributed by atoms with E-state index < -0.39 is 5.82 Å². The van der Waals surface area contributed by atoms with Gasteiger partial charge >= 0.3 is 0 Å². The van der Waals surface area contributed by atoms with Crippen molar-refractivity contribution in [3.63, 3.8) is 0 Å². The van der Waals surface area contributed by atoms with Gasteiger partial charge in [0.1, 0.15) is 11.5 Å². The number of hydrogen-bond donors (Lipinski definition) is 3. The number of nitrogens with one attached hydrogen (secondary N) is 2. The van der Waals surface area contributed by atoms with Gasteiger partial charge in [0.2, 0.25) is 0 Å². The summed E-state index contributed by atoms with van der Waals surface area (Å²) in [7, 11) is 1.96. The minimum absolute atomic E-state index is 0.210. The summed E-state index contributed by atoms with van der Waals surface area (Å²) in [6.07, 6.45) is 6.50. The number of likely N-dealkylation sites (N-methyl/N-ethyl adjacent to an activating group) is 1. The normalized spacial score (nSPS) is 23.9. The van der Waals surface area contributed by atoms with Gasteiger partial charge in [-0.15, -0.1) is 0 Å². The maximum Gasteiger partial charge on any atom is 0.158 e. The minimum atomic E-state index is -0.447. The van der Waals surface area contributed by atoms with Crippen LogP contribution >= 0.6 is 11.6 Å². The number of benzene rings is 3. The highest BCUT2D eigenvalue weighted by atomic mass is 35.5. The molecule has 2 bridgehead atoms. The van der Waals surface area contributed by atoms with Crippen LogP contribution in [0.25, 0.3) is 21.9 Å². The standard InChI is InChI=1S/C34H42ClFN6O/c1-38-18-25-11-10-24(40-25)14-22-15-30(35)32(29-16-23(37)13-21-7-3-4-8-28(21)29)33(36)34(22)41-31(39-2)9-5-6-12-42-26-17-27(42)20-43-19-26/h3-4,7-8,13,15-16,24-27,38,40H,2,5-6,9-12,14,17-20,37H2,1H3/b41-31-. The van der Waals surface area contributed by atoms with Gasteiger partial charge in [-0.1, -0.05) is 35.9 Å². The Labute approximate surface area is 258 Å². The fraction of sp³-hybridized carbons (Fsp3) is 0.471. The molecule has 228 valence electrons. The summed E-state index contributed by atoms with van der Waals surface area (Å²) in [5.41, 5.74) is 8.86. The van der Waals surface area contributed by atoms with E-state index >= 15 is 4.39 Å². The van der Waals surface area contributed by atoms with Gasteiger partial charge in [0.15, 0.2) is 5.82 Å². The third-order valence-electron chi connectivity index (χ3n) is 9.27. The van der Waals surface area contributed by atoms with Crippen LogP contribution in [0.1, 0.15) is 44.1 Å². The van der Waals surface area contributed by atoms with E-state index in [0.717, 1.165) is 68.3 Å². The van der Waals surface area contributed by atoms with Gasteiger partial charge in [-0.3, -0.25) is 4.90 Å². The molecule has 43 heavy (non-hydrogen) atoms. The number of fused-ring (bicyclic) bond motifs is 3. The van der Waals surface area contributed by atoms with Crippen molar-refractivity contribution >= 4 is 46.3 Å². The number of nitrogens with zero attached hydrogens (tertiary/aromatic N) is 3. The number of amidine groups is 1. The monoisotopic (exact) mass is 604 g/mol. The third-order valence-corrected chi connectivity index (χ3v) is 9.57. The van der Waals surface area contributed by atoms with Gasteiger partial charge in [-0.2, -0.15) is 0 Å². The second-order valence-corrected chi connectivity index (χ2v) is 12.6. The molecule has 3 aliphatic heterocycles. The second-order valence-electron chi connectivity index (χ2n) is 12.2. The smallest absolute Gasteiger partial charge is 0.158 e. The average Bonchev–Trinajstić information content (AvgIpc) is 3.44. The molecule has 3 fully saturated rings. The lowest BCUT2D eigenvalue weighted by Crippen LogP contribution is -2.63. The van der Waals surface area contributed by atoms with Crippen molar-refractivity contribution in [1.82, 2.24) is 15.5 Å². The summed E-state index contributed by atoms with van der Waals surface area (Å²) in [6.45, 7) is 7.41. The zero-order valence-electron chi connectivity index (χ0n) is 24.9. The van der Waals surface area contributed by atoms with E-state index in [4.69, 9.17) is 27.1 Å². The molecule has 0 radical (unpaired) electrons. The predicted molar refractivity (Wildman–Crippen MR) is 177 cm³/mol. The Kier molecular flexibility index (Phi) is 9.40. The highest BCUT2D eigenvalue weighted by molar-refractivity contribution is 6.34. The van der Waals surface area contributed by atoms with Crippen LogP contribution in [0.3, 0.4) is 0 Å². The molecule has 4 unspecified atom stereocenters. The third kappa shape index (κ3) is 6.49. The van der Waals surface area contributed by atoms with Crippen molar-refractivity contribution < 1.29 is 9.13 Å². The summed E-state index contributed by atoms with van der Waals surface area (Å²) in [6, 6.07) is 15.1. The molecule has 3 aromatic carbocycles. The molecule has 3 heterocycles. The van der Waals surface area contributed by atoms with Crippen molar-refractivity contribution in [3.8, 4) is 11.1 Å². The average molecular weight is 605 g/mol. The summed E-state index contributed by atoms with van der Waals surface area (Å²) in [4.78, 5) is 11.7. The zero-order chi connectivity index (χ0) is 29.9. The van der Waals surface area contributed by atoms with E-state index in [1.807, 2.05) is 43.4 Å². The molecule has 0 aromatic heterocycles. The molecular formula is C34H42ClFN6O. The van der Waals surface area contributed by atoms with Gasteiger partial charge in [0, 0.05) is 48.4 Å². The number of nitrogens with two attached hydrogens (primary N) is 1. The van der Waals surface area contributed by atoms with Crippen molar-refractivity contribution in [1.29, 1.82) is 0 Å². The van der Waals surface area contributed by atoms with Crippen LogP contribution in [0.5, 0.6) is 0 Å². The van der Waals surface area contributed by atoms with Crippen LogP contribution in [0.2, 0.25) is 5.02 Å². The van der Waals surface area contributed by atoms with Gasteiger partial charge in [0.25, 0.3) is 0 Å². The molecule has 4 atom stereocenters. The molecular weight excluding hydrogens is 563 g/mol. The van der Waals surface area contributed by atoms with E-state index in [-0.39, 0.29) is 6.04 Å². The first-order chi connectivity index (χ1) is 20.9. The maximum absolute atomic E-state index is 16.8. The predicted octanol–water partition coefficient (Wildman–Crippen LogP) is 6.14. The van der Waals surface area contributed by atoms with E-state index in [1.165, 1.54) is 6.42 Å². The molecule has 0 aliphatic carbocycles. The summed E-state index contributed by atoms with van der Waals surface area (Å²) in [5, 5.41) is 9.10. The molecule has 0 saturated carbocycles. The number of ether oxygens (including phenoxy) is 1. The largest absolute Gasteiger partial charge is 0.399 e. The molecule has 0 amide bonds. The molecule has 3 aromatic rings. The maximum atomic E-state index is 16.8. The molecule has 3 saturated heterocycles. The Morgan fingerprint density at radius 3 is 2.72 bits per heavy atom. The first-order valence-corrected chi connectivity index (χ1v) is 15.9. The van der Waals surface area contributed by atoms with Gasteiger partial charge in [-0.05, 0) is 98.9 Å². The lowest BCUT2D eigenvalue weighted by molar-refractivity contribution is -0.127. The SMILES string of the molecule is C=N/C(CCCCN1C2COCC1C2)=N\c1c(CC2CCC(CNC)N2)cc(Cl)c(-c2cc(N)cc3ccccc23)c1F. The zero-order valence-corrected chi connectivity index (χ0v) is 25.7. The molecule has 4 N–H and O–H groups in total. The van der Waals surface area contributed by atoms with E-state index in [9.17, 15) is 0 Å². The van der Waals surface area contributed by atoms with Crippen LogP contribution in [0, 0.1) is 5.82 Å². The van der Waals surface area contributed by atoms with Crippen molar-refractivity contribution in [3.05, 3.63) is 58.9 Å². The Balaban J connectivity index is 1.31. The first-order valence-electron chi connectivity index (χ1n) is 15.5. The number of rotatable bonds is 11. The molecule has 9 heteroatoms. The van der Waals surface area contributed by atoms with Crippen molar-refractivity contribution in [2.75, 3.05) is 39.1 Å². The number of hydrogen-bond acceptors (Lipinski definition) is 6. The number of unbranched alkanes of at least 4 members (excludes halogenated alkanes) is 1. The van der Waals surface area contributed by atoms with E-state index in [2.05, 4.69) is 27.2 Å². The van der Waals surface area contributed by atoms with Crippen LogP contribution in [0.15, 0.2) is 52.4 Å². The highest BCUT2D eigenvalue weighted by Crippen LogP contribution is 2.43. The number of halogens is 2. The summed E-state index contributed by atoms with van der Waals surface area (Å²) in [5.74, 6) is 0.100. The molecule has 6 rings (SSSR count). The van der Waals surface area contributed by atoms with E-state index in [0.29, 0.717) is 64.3 Å². The van der Waals surface area contributed by atoms with Crippen LogP contribution < -0.4 is 16.4 Å². The fourth-order valence-electron chi connectivity index (χ4n) is 7.11. The van der Waals surface area contributed by atoms with Crippen LogP contribution in [0.4, 0.5) is 15.8 Å². The van der Waals surface area contributed by atoms with Crippen LogP contribution in [-0.2, 0) is 11.2 Å². The van der Waals surface area contributed by atoms with E-state index in [1.54, 1.807) is 6.07 Å². The number of nitrogen functional groups attached to an aromatic ring is 1. The fourth-order valence-corrected chi connectivity index (χ4v) is 7.43. The lowest BCUT2D eigenvalue weighted by atomic mass is 9.91. The Hall–Kier alpha value is -2.88. The van der Waals surface area contributed by atoms with Crippen molar-refractivity contribution in [2.45, 2.75) is 69.1 Å². The first kappa shape index (κ1) is 30.2. The van der Waals surface area contributed by atoms with Gasteiger partial charge in [-0.25, -0.2) is 14.4 Å². The van der Waals surface area contributed by atoms with Gasteiger partial charge < -0.3 is 21.1 Å². The Morgan fingerprint density at radius 2 is 1.95 bits per heavy atom. The van der Waals surface area contributed by atoms with Gasteiger partial charge in [0.05, 0.1) is 18.2 Å². The number of aliphatic imine (C=N–C) groups is 2. The molecule has 3 aliphatic rings. The summed E-state index contributed by atoms with van der Waals surface area (Å²) >= 11 is 6.91. The lowest BCUT2D eigenvalue weighted by Gasteiger charge is -2.52. The number of morpholine rings is 1. The highest BCUT2D eigenvalue weighted by Gasteiger charge is 2.41. The van der Waals surface area contributed by atoms with Crippen molar-refractivity contribution in [2.24, 2.45) is 9.98 Å². The van der Waals surface area contributed by atoms with Crippen LogP contribution in [-0.4, -0.2) is 75.0 Å². The molecule has 0 spiro atoms.